The van der Waals surface area contributed by atoms with E-state index >= 15 is 0 Å². The largest absolute Gasteiger partial charge is 0.284 e. The molecule has 0 atom stereocenters. The van der Waals surface area contributed by atoms with Crippen LogP contribution >= 0.6 is 0 Å². The van der Waals surface area contributed by atoms with E-state index in [0.29, 0.717) is 5.69 Å². The van der Waals surface area contributed by atoms with Gasteiger partial charge >= 0.3 is 0 Å². The molecular weight excluding hydrogens is 360 g/mol. The van der Waals surface area contributed by atoms with Crippen LogP contribution in [0.5, 0.6) is 0 Å². The van der Waals surface area contributed by atoms with Crippen molar-refractivity contribution < 1.29 is 8.42 Å². The van der Waals surface area contributed by atoms with Gasteiger partial charge in [-0.25, -0.2) is 8.42 Å². The van der Waals surface area contributed by atoms with Crippen molar-refractivity contribution in [3.8, 4) is 22.4 Å². The molecule has 4 aromatic rings. The number of nitrogens with one attached hydrogen (secondary N) is 2. The maximum absolute atomic E-state index is 12.5. The fourth-order valence-electron chi connectivity index (χ4n) is 2.81. The van der Waals surface area contributed by atoms with E-state index in [4.69, 9.17) is 0 Å². The molecule has 0 saturated carbocycles. The standard InChI is InChI=1S/C20H16N4O2S/c25-27(26,18-7-2-1-3-8-18)24-17-6-4-5-16(13-17)20-19(14-22-23-20)15-9-11-21-12-10-15/h1-14,24H,(H,22,23). The SMILES string of the molecule is O=S(=O)(Nc1cccc(-c2n[nH]cc2-c2ccncc2)c1)c1ccccc1. The van der Waals surface area contributed by atoms with Crippen LogP contribution in [0.4, 0.5) is 5.69 Å². The van der Waals surface area contributed by atoms with Gasteiger partial charge in [-0.3, -0.25) is 14.8 Å². The highest BCUT2D eigenvalue weighted by molar-refractivity contribution is 7.92. The highest BCUT2D eigenvalue weighted by Crippen LogP contribution is 2.31. The number of anilines is 1. The Morgan fingerprint density at radius 3 is 2.41 bits per heavy atom. The van der Waals surface area contributed by atoms with Gasteiger partial charge in [0.15, 0.2) is 0 Å². The molecule has 0 amide bonds. The van der Waals surface area contributed by atoms with Crippen LogP contribution in [0.15, 0.2) is 90.2 Å². The first-order valence-electron chi connectivity index (χ1n) is 8.26. The lowest BCUT2D eigenvalue weighted by molar-refractivity contribution is 0.601. The topological polar surface area (TPSA) is 87.7 Å². The number of hydrogen-bond acceptors (Lipinski definition) is 4. The minimum Gasteiger partial charge on any atom is -0.284 e. The van der Waals surface area contributed by atoms with E-state index in [9.17, 15) is 8.42 Å². The van der Waals surface area contributed by atoms with Crippen molar-refractivity contribution in [2.45, 2.75) is 4.90 Å². The maximum atomic E-state index is 12.5. The van der Waals surface area contributed by atoms with Crippen LogP contribution in [0.3, 0.4) is 0 Å². The average Bonchev–Trinajstić information content (AvgIpc) is 3.19. The number of nitrogens with zero attached hydrogens (tertiary/aromatic N) is 2. The summed E-state index contributed by atoms with van der Waals surface area (Å²) in [5, 5.41) is 7.22. The first-order valence-corrected chi connectivity index (χ1v) is 9.74. The Labute approximate surface area is 157 Å². The summed E-state index contributed by atoms with van der Waals surface area (Å²) >= 11 is 0. The van der Waals surface area contributed by atoms with Crippen LogP contribution in [0, 0.1) is 0 Å². The number of H-pyrrole nitrogens is 1. The minimum atomic E-state index is -3.65. The lowest BCUT2D eigenvalue weighted by Gasteiger charge is -2.09. The molecule has 2 aromatic heterocycles. The maximum Gasteiger partial charge on any atom is 0.261 e. The summed E-state index contributed by atoms with van der Waals surface area (Å²) < 4.78 is 27.7. The molecule has 2 aromatic carbocycles. The van der Waals surface area contributed by atoms with Crippen LogP contribution in [0.25, 0.3) is 22.4 Å². The van der Waals surface area contributed by atoms with Crippen LogP contribution in [0.2, 0.25) is 0 Å². The van der Waals surface area contributed by atoms with Crippen LogP contribution in [0.1, 0.15) is 0 Å². The van der Waals surface area contributed by atoms with Crippen molar-refractivity contribution in [2.75, 3.05) is 4.72 Å². The predicted molar refractivity (Wildman–Crippen MR) is 105 cm³/mol. The summed E-state index contributed by atoms with van der Waals surface area (Å²) in [4.78, 5) is 4.25. The molecule has 2 heterocycles. The molecule has 7 heteroatoms. The normalized spacial score (nSPS) is 11.3. The van der Waals surface area contributed by atoms with E-state index in [1.165, 1.54) is 0 Å². The van der Waals surface area contributed by atoms with Crippen LogP contribution in [-0.2, 0) is 10.0 Å². The Bertz CT molecular complexity index is 1160. The van der Waals surface area contributed by atoms with Crippen molar-refractivity contribution >= 4 is 15.7 Å². The molecule has 0 saturated heterocycles. The zero-order valence-corrected chi connectivity index (χ0v) is 15.0. The molecule has 0 unspecified atom stereocenters. The second-order valence-corrected chi connectivity index (χ2v) is 7.57. The Hall–Kier alpha value is -3.45. The molecule has 134 valence electrons. The van der Waals surface area contributed by atoms with Gasteiger partial charge in [-0.15, -0.1) is 0 Å². The number of aromatic amines is 1. The van der Waals surface area contributed by atoms with E-state index in [-0.39, 0.29) is 4.90 Å². The molecule has 2 N–H and O–H groups in total. The third kappa shape index (κ3) is 3.58. The fraction of sp³-hybridized carbons (Fsp3) is 0. The van der Waals surface area contributed by atoms with Gasteiger partial charge in [0.2, 0.25) is 0 Å². The van der Waals surface area contributed by atoms with Crippen molar-refractivity contribution in [3.63, 3.8) is 0 Å². The Balaban J connectivity index is 1.68. The number of pyridine rings is 1. The summed E-state index contributed by atoms with van der Waals surface area (Å²) in [7, 11) is -3.65. The quantitative estimate of drug-likeness (QED) is 0.552. The van der Waals surface area contributed by atoms with Crippen molar-refractivity contribution in [1.29, 1.82) is 0 Å². The van der Waals surface area contributed by atoms with Crippen molar-refractivity contribution in [3.05, 3.63) is 85.3 Å². The third-order valence-corrected chi connectivity index (χ3v) is 5.47. The molecule has 0 spiro atoms. The molecule has 0 aliphatic rings. The lowest BCUT2D eigenvalue weighted by atomic mass is 10.0. The van der Waals surface area contributed by atoms with Crippen molar-refractivity contribution in [2.24, 2.45) is 0 Å². The zero-order valence-electron chi connectivity index (χ0n) is 14.2. The van der Waals surface area contributed by atoms with Crippen LogP contribution in [-0.4, -0.2) is 23.6 Å². The molecule has 0 radical (unpaired) electrons. The molecule has 0 bridgehead atoms. The number of sulfonamides is 1. The number of aromatic nitrogens is 3. The third-order valence-electron chi connectivity index (χ3n) is 4.07. The average molecular weight is 376 g/mol. The molecule has 27 heavy (non-hydrogen) atoms. The van der Waals surface area contributed by atoms with Gasteiger partial charge in [0.25, 0.3) is 10.0 Å². The van der Waals surface area contributed by atoms with Gasteiger partial charge in [-0.2, -0.15) is 5.10 Å². The van der Waals surface area contributed by atoms with Gasteiger partial charge in [-0.05, 0) is 42.0 Å². The van der Waals surface area contributed by atoms with E-state index in [2.05, 4.69) is 19.9 Å². The summed E-state index contributed by atoms with van der Waals surface area (Å²) in [6.45, 7) is 0. The summed E-state index contributed by atoms with van der Waals surface area (Å²) in [6.07, 6.45) is 5.25. The first kappa shape index (κ1) is 17.0. The van der Waals surface area contributed by atoms with Gasteiger partial charge in [-0.1, -0.05) is 30.3 Å². The minimum absolute atomic E-state index is 0.215. The second kappa shape index (κ2) is 7.05. The highest BCUT2D eigenvalue weighted by Gasteiger charge is 2.15. The number of hydrogen-bond donors (Lipinski definition) is 2. The Morgan fingerprint density at radius 1 is 0.852 bits per heavy atom. The smallest absolute Gasteiger partial charge is 0.261 e. The van der Waals surface area contributed by atoms with Crippen molar-refractivity contribution in [1.82, 2.24) is 15.2 Å². The molecule has 0 fully saturated rings. The lowest BCUT2D eigenvalue weighted by Crippen LogP contribution is -2.12. The molecule has 0 aliphatic heterocycles. The second-order valence-electron chi connectivity index (χ2n) is 5.88. The first-order chi connectivity index (χ1) is 13.1. The Kier molecular flexibility index (Phi) is 4.43. The molecular formula is C20H16N4O2S. The number of benzene rings is 2. The van der Waals surface area contributed by atoms with Gasteiger partial charge in [0.05, 0.1) is 10.6 Å². The monoisotopic (exact) mass is 376 g/mol. The molecule has 6 nitrogen and oxygen atoms in total. The van der Waals surface area contributed by atoms with E-state index in [0.717, 1.165) is 22.4 Å². The summed E-state index contributed by atoms with van der Waals surface area (Å²) in [5.74, 6) is 0. The number of rotatable bonds is 5. The Morgan fingerprint density at radius 2 is 1.63 bits per heavy atom. The van der Waals surface area contributed by atoms with E-state index in [1.807, 2.05) is 24.4 Å². The predicted octanol–water partition coefficient (Wildman–Crippen LogP) is 3.94. The van der Waals surface area contributed by atoms with E-state index < -0.39 is 10.0 Å². The zero-order chi connectivity index (χ0) is 18.7. The van der Waals surface area contributed by atoms with Crippen LogP contribution < -0.4 is 4.72 Å². The molecule has 0 aliphatic carbocycles. The highest BCUT2D eigenvalue weighted by atomic mass is 32.2. The van der Waals surface area contributed by atoms with Gasteiger partial charge < -0.3 is 0 Å². The fourth-order valence-corrected chi connectivity index (χ4v) is 3.88. The van der Waals surface area contributed by atoms with Gasteiger partial charge in [0.1, 0.15) is 0 Å². The van der Waals surface area contributed by atoms with E-state index in [1.54, 1.807) is 60.9 Å². The van der Waals surface area contributed by atoms with Gasteiger partial charge in [0, 0.05) is 35.4 Å². The summed E-state index contributed by atoms with van der Waals surface area (Å²) in [6, 6.07) is 19.2. The molecule has 4 rings (SSSR count). The summed E-state index contributed by atoms with van der Waals surface area (Å²) in [5.41, 5.74) is 3.91.